The van der Waals surface area contributed by atoms with Crippen LogP contribution in [0.5, 0.6) is 0 Å². The van der Waals surface area contributed by atoms with E-state index in [0.29, 0.717) is 0 Å². The Bertz CT molecular complexity index is 127. The van der Waals surface area contributed by atoms with Gasteiger partial charge in [0.15, 0.2) is 0 Å². The minimum atomic E-state index is 0.792. The minimum Gasteiger partial charge on any atom is -0.302 e. The molecule has 1 fully saturated rings. The summed E-state index contributed by atoms with van der Waals surface area (Å²) in [4.78, 5) is 2.44. The summed E-state index contributed by atoms with van der Waals surface area (Å²) >= 11 is 5.59. The fraction of sp³-hybridized carbons (Fsp3) is 0.875. The molecular formula is C8H14BClN2. The lowest BCUT2D eigenvalue weighted by molar-refractivity contribution is 0.241. The largest absolute Gasteiger partial charge is 0.302 e. The third kappa shape index (κ3) is 6.51. The lowest BCUT2D eigenvalue weighted by Crippen LogP contribution is -2.31. The summed E-state index contributed by atoms with van der Waals surface area (Å²) < 4.78 is 0. The molecule has 0 bridgehead atoms. The number of nitriles is 1. The van der Waals surface area contributed by atoms with Crippen LogP contribution in [0.3, 0.4) is 0 Å². The molecule has 0 aromatic carbocycles. The lowest BCUT2D eigenvalue weighted by atomic mass is 10.1. The molecule has 0 aromatic heterocycles. The molecule has 0 N–H and O–H groups in total. The Kier molecular flexibility index (Phi) is 8.75. The van der Waals surface area contributed by atoms with E-state index < -0.39 is 0 Å². The van der Waals surface area contributed by atoms with Gasteiger partial charge in [-0.2, -0.15) is 0 Å². The summed E-state index contributed by atoms with van der Waals surface area (Å²) in [5.41, 5.74) is 0. The molecule has 1 saturated heterocycles. The van der Waals surface area contributed by atoms with Gasteiger partial charge in [-0.15, -0.1) is 11.6 Å². The van der Waals surface area contributed by atoms with Crippen LogP contribution in [0.2, 0.25) is 0 Å². The maximum Gasteiger partial charge on any atom is 0.229 e. The second kappa shape index (κ2) is 8.90. The van der Waals surface area contributed by atoms with E-state index in [4.69, 9.17) is 16.9 Å². The van der Waals surface area contributed by atoms with Crippen LogP contribution in [0, 0.1) is 11.2 Å². The van der Waals surface area contributed by atoms with Gasteiger partial charge < -0.3 is 4.90 Å². The van der Waals surface area contributed by atoms with E-state index in [-0.39, 0.29) is 0 Å². The first-order valence-corrected chi connectivity index (χ1v) is 4.76. The Morgan fingerprint density at radius 2 is 1.83 bits per heavy atom. The Hall–Kier alpha value is -0.195. The highest BCUT2D eigenvalue weighted by molar-refractivity contribution is 6.20. The van der Waals surface area contributed by atoms with E-state index >= 15 is 0 Å². The Morgan fingerprint density at radius 1 is 1.33 bits per heavy atom. The first kappa shape index (κ1) is 11.8. The summed E-state index contributed by atoms with van der Waals surface area (Å²) in [6.07, 6.45) is 4.16. The molecule has 1 rings (SSSR count). The van der Waals surface area contributed by atoms with Crippen molar-refractivity contribution in [2.24, 2.45) is 0 Å². The standard InChI is InChI=1S/C7H14ClN.CBN/c8-4-7-9-5-2-1-3-6-9;2-1-3/h1-7H2;. The summed E-state index contributed by atoms with van der Waals surface area (Å²) in [7, 11) is 4.15. The van der Waals surface area contributed by atoms with Gasteiger partial charge in [0.25, 0.3) is 0 Å². The van der Waals surface area contributed by atoms with Gasteiger partial charge >= 0.3 is 0 Å². The predicted octanol–water partition coefficient (Wildman–Crippen LogP) is 1.35. The highest BCUT2D eigenvalue weighted by Crippen LogP contribution is 2.07. The Labute approximate surface area is 80.9 Å². The SMILES string of the molecule is ClCCN1CCCCC1.[B]C#N. The maximum atomic E-state index is 7.10. The molecule has 1 heterocycles. The van der Waals surface area contributed by atoms with Gasteiger partial charge in [-0.1, -0.05) is 6.42 Å². The van der Waals surface area contributed by atoms with E-state index in [9.17, 15) is 0 Å². The molecule has 4 heteroatoms. The van der Waals surface area contributed by atoms with Crippen LogP contribution < -0.4 is 0 Å². The molecule has 1 aliphatic rings. The zero-order chi connectivity index (χ0) is 9.23. The van der Waals surface area contributed by atoms with Crippen LogP contribution in [-0.2, 0) is 0 Å². The van der Waals surface area contributed by atoms with Gasteiger partial charge in [-0.25, -0.2) is 5.26 Å². The molecular weight excluding hydrogens is 170 g/mol. The van der Waals surface area contributed by atoms with Gasteiger partial charge in [0.1, 0.15) is 0 Å². The smallest absolute Gasteiger partial charge is 0.229 e. The topological polar surface area (TPSA) is 27.0 Å². The average molecular weight is 184 g/mol. The molecule has 1 aliphatic heterocycles. The third-order valence-electron chi connectivity index (χ3n) is 1.85. The number of hydrogen-bond donors (Lipinski definition) is 0. The fourth-order valence-corrected chi connectivity index (χ4v) is 1.54. The Balaban J connectivity index is 0.000000354. The quantitative estimate of drug-likeness (QED) is 0.478. The van der Waals surface area contributed by atoms with Crippen molar-refractivity contribution in [2.45, 2.75) is 19.3 Å². The molecule has 2 nitrogen and oxygen atoms in total. The van der Waals surface area contributed by atoms with Gasteiger partial charge in [0.05, 0.1) is 0 Å². The fourth-order valence-electron chi connectivity index (χ4n) is 1.30. The summed E-state index contributed by atoms with van der Waals surface area (Å²) in [5, 5.41) is 7.10. The van der Waals surface area contributed by atoms with Crippen molar-refractivity contribution in [1.82, 2.24) is 4.90 Å². The normalized spacial score (nSPS) is 17.3. The molecule has 0 unspecified atom stereocenters. The molecule has 0 atom stereocenters. The number of rotatable bonds is 2. The van der Waals surface area contributed by atoms with Crippen LogP contribution >= 0.6 is 11.6 Å². The van der Waals surface area contributed by atoms with Crippen molar-refractivity contribution in [3.63, 3.8) is 0 Å². The second-order valence-corrected chi connectivity index (χ2v) is 3.10. The number of likely N-dealkylation sites (tertiary alicyclic amines) is 1. The molecule has 12 heavy (non-hydrogen) atoms. The van der Waals surface area contributed by atoms with E-state index in [0.717, 1.165) is 12.4 Å². The third-order valence-corrected chi connectivity index (χ3v) is 2.02. The predicted molar refractivity (Wildman–Crippen MR) is 52.4 cm³/mol. The number of halogens is 1. The van der Waals surface area contributed by atoms with Gasteiger partial charge in [0.2, 0.25) is 7.85 Å². The average Bonchev–Trinajstić information content (AvgIpc) is 2.08. The number of piperidine rings is 1. The highest BCUT2D eigenvalue weighted by atomic mass is 35.5. The minimum absolute atomic E-state index is 0.792. The molecule has 2 radical (unpaired) electrons. The monoisotopic (exact) mass is 184 g/mol. The number of alkyl halides is 1. The van der Waals surface area contributed by atoms with E-state index in [1.807, 2.05) is 0 Å². The first-order valence-electron chi connectivity index (χ1n) is 4.23. The molecule has 66 valence electrons. The zero-order valence-electron chi connectivity index (χ0n) is 7.30. The molecule has 0 aliphatic carbocycles. The van der Waals surface area contributed by atoms with E-state index in [2.05, 4.69) is 12.7 Å². The van der Waals surface area contributed by atoms with Crippen LogP contribution in [0.25, 0.3) is 0 Å². The summed E-state index contributed by atoms with van der Waals surface area (Å²) in [6.45, 7) is 3.63. The van der Waals surface area contributed by atoms with Crippen molar-refractivity contribution in [3.05, 3.63) is 0 Å². The van der Waals surface area contributed by atoms with Crippen molar-refractivity contribution >= 4 is 19.4 Å². The number of hydrogen-bond acceptors (Lipinski definition) is 2. The van der Waals surface area contributed by atoms with E-state index in [1.165, 1.54) is 38.3 Å². The van der Waals surface area contributed by atoms with Gasteiger partial charge in [0, 0.05) is 12.4 Å². The summed E-state index contributed by atoms with van der Waals surface area (Å²) in [6, 6.07) is 0. The molecule has 0 spiro atoms. The Morgan fingerprint density at radius 3 is 2.25 bits per heavy atom. The molecule has 0 saturated carbocycles. The first-order chi connectivity index (χ1) is 5.85. The maximum absolute atomic E-state index is 7.10. The zero-order valence-corrected chi connectivity index (χ0v) is 8.06. The van der Waals surface area contributed by atoms with Gasteiger partial charge in [-0.3, -0.25) is 0 Å². The van der Waals surface area contributed by atoms with Crippen molar-refractivity contribution in [3.8, 4) is 5.97 Å². The lowest BCUT2D eigenvalue weighted by Gasteiger charge is -2.25. The highest BCUT2D eigenvalue weighted by Gasteiger charge is 2.07. The van der Waals surface area contributed by atoms with Crippen LogP contribution in [0.4, 0.5) is 0 Å². The van der Waals surface area contributed by atoms with Crippen LogP contribution in [0.15, 0.2) is 0 Å². The van der Waals surface area contributed by atoms with E-state index in [1.54, 1.807) is 0 Å². The van der Waals surface area contributed by atoms with Crippen LogP contribution in [0.1, 0.15) is 19.3 Å². The van der Waals surface area contributed by atoms with Crippen LogP contribution in [-0.4, -0.2) is 38.3 Å². The van der Waals surface area contributed by atoms with Crippen molar-refractivity contribution in [2.75, 3.05) is 25.5 Å². The second-order valence-electron chi connectivity index (χ2n) is 2.72. The summed E-state index contributed by atoms with van der Waals surface area (Å²) in [5.74, 6) is 2.04. The van der Waals surface area contributed by atoms with Gasteiger partial charge in [-0.05, 0) is 31.9 Å². The number of nitrogens with zero attached hydrogens (tertiary/aromatic N) is 2. The molecule has 0 aromatic rings. The molecule has 0 amide bonds. The van der Waals surface area contributed by atoms with Crippen molar-refractivity contribution < 1.29 is 0 Å². The van der Waals surface area contributed by atoms with Crippen molar-refractivity contribution in [1.29, 1.82) is 5.26 Å².